The number of carbonyl (C=O) groups is 2. The fourth-order valence-electron chi connectivity index (χ4n) is 7.82. The maximum absolute atomic E-state index is 14.3. The van der Waals surface area contributed by atoms with E-state index in [1.54, 1.807) is 13.2 Å². The lowest BCUT2D eigenvalue weighted by atomic mass is 9.81. The molecule has 0 saturated heterocycles. The number of aromatic nitrogens is 1. The van der Waals surface area contributed by atoms with E-state index in [0.29, 0.717) is 19.0 Å². The molecular weight excluding hydrogens is 576 g/mol. The van der Waals surface area contributed by atoms with E-state index in [1.165, 1.54) is 24.8 Å². The molecule has 2 saturated carbocycles. The van der Waals surface area contributed by atoms with Crippen LogP contribution in [-0.2, 0) is 21.4 Å². The highest BCUT2D eigenvalue weighted by Gasteiger charge is 2.63. The lowest BCUT2D eigenvalue weighted by Crippen LogP contribution is -2.45. The molecular formula is C34H44N4O5S. The summed E-state index contributed by atoms with van der Waals surface area (Å²) in [5.74, 6) is 0.568. The quantitative estimate of drug-likeness (QED) is 0.292. The largest absolute Gasteiger partial charge is 0.497 e. The van der Waals surface area contributed by atoms with Crippen LogP contribution < -0.4 is 20.1 Å². The number of ether oxygens (including phenoxy) is 1. The molecule has 9 nitrogen and oxygen atoms in total. The second-order valence-electron chi connectivity index (χ2n) is 13.0. The van der Waals surface area contributed by atoms with Crippen molar-refractivity contribution in [1.82, 2.24) is 19.9 Å². The third-order valence-electron chi connectivity index (χ3n) is 9.94. The first kappa shape index (κ1) is 30.6. The van der Waals surface area contributed by atoms with Crippen molar-refractivity contribution in [3.05, 3.63) is 53.1 Å². The Bertz CT molecular complexity index is 1700. The second kappa shape index (κ2) is 11.9. The maximum Gasteiger partial charge on any atom is 0.264 e. The molecule has 0 bridgehead atoms. The van der Waals surface area contributed by atoms with Gasteiger partial charge in [-0.3, -0.25) is 9.59 Å². The van der Waals surface area contributed by atoms with Gasteiger partial charge >= 0.3 is 0 Å². The summed E-state index contributed by atoms with van der Waals surface area (Å²) in [6.07, 6.45) is 9.31. The Morgan fingerprint density at radius 3 is 2.57 bits per heavy atom. The molecule has 3 aliphatic rings. The van der Waals surface area contributed by atoms with Crippen molar-refractivity contribution in [2.75, 3.05) is 27.0 Å². The fourth-order valence-corrected chi connectivity index (χ4v) is 8.27. The Morgan fingerprint density at radius 1 is 1.11 bits per heavy atom. The molecule has 3 atom stereocenters. The molecule has 2 aromatic carbocycles. The van der Waals surface area contributed by atoms with Crippen LogP contribution in [0.2, 0.25) is 0 Å². The minimum absolute atomic E-state index is 0.0334. The molecule has 44 heavy (non-hydrogen) atoms. The van der Waals surface area contributed by atoms with Crippen molar-refractivity contribution in [3.63, 3.8) is 0 Å². The van der Waals surface area contributed by atoms with Gasteiger partial charge in [0.25, 0.3) is 5.91 Å². The zero-order valence-electron chi connectivity index (χ0n) is 26.2. The number of fused-ring (bicyclic) bond motifs is 7. The van der Waals surface area contributed by atoms with E-state index in [1.807, 2.05) is 25.2 Å². The topological polar surface area (TPSA) is 119 Å². The number of amides is 2. The number of benzene rings is 2. The third-order valence-corrected chi connectivity index (χ3v) is 10.5. The van der Waals surface area contributed by atoms with Crippen molar-refractivity contribution < 1.29 is 22.7 Å². The monoisotopic (exact) mass is 620 g/mol. The van der Waals surface area contributed by atoms with Gasteiger partial charge in [0.05, 0.1) is 24.5 Å². The van der Waals surface area contributed by atoms with Gasteiger partial charge in [0.1, 0.15) is 5.75 Å². The minimum Gasteiger partial charge on any atom is -0.497 e. The Hall–Kier alpha value is -3.37. The van der Waals surface area contributed by atoms with Gasteiger partial charge in [-0.15, -0.1) is 0 Å². The number of hydrogen-bond donors (Lipinski definition) is 3. The van der Waals surface area contributed by atoms with Gasteiger partial charge in [-0.1, -0.05) is 38.7 Å². The molecule has 3 N–H and O–H groups in total. The van der Waals surface area contributed by atoms with Crippen molar-refractivity contribution >= 4 is 32.7 Å². The first-order valence-electron chi connectivity index (χ1n) is 15.9. The van der Waals surface area contributed by atoms with Crippen LogP contribution in [0, 0.1) is 5.41 Å². The molecule has 6 rings (SSSR count). The highest BCUT2D eigenvalue weighted by Crippen LogP contribution is 2.65. The number of carbonyl (C=O) groups excluding carboxylic acids is 2. The van der Waals surface area contributed by atoms with Gasteiger partial charge in [-0.25, -0.2) is 13.1 Å². The molecule has 3 aromatic rings. The average Bonchev–Trinajstić information content (AvgIpc) is 3.67. The van der Waals surface area contributed by atoms with Gasteiger partial charge in [0, 0.05) is 47.1 Å². The molecule has 2 fully saturated rings. The van der Waals surface area contributed by atoms with Crippen molar-refractivity contribution in [1.29, 1.82) is 0 Å². The predicted octanol–water partition coefficient (Wildman–Crippen LogP) is 5.05. The summed E-state index contributed by atoms with van der Waals surface area (Å²) in [4.78, 5) is 27.3. The predicted molar refractivity (Wildman–Crippen MR) is 173 cm³/mol. The zero-order chi connectivity index (χ0) is 31.2. The van der Waals surface area contributed by atoms with E-state index < -0.39 is 21.3 Å². The average molecular weight is 621 g/mol. The standard InChI is InChI=1S/C34H44N4O5S/c1-5-9-23(19-35-2)36-33(40)34-18-28(34)27-17-24(43-3)13-15-25(27)31-30(21-10-7-6-8-11-21)26-14-12-22(16-29(26)38(31)20-34)32(39)37-44(4,41)42/h12-17,21,23,28,35H,5-11,18-20H2,1-4H3,(H,36,40)(H,37,39). The Labute approximate surface area is 260 Å². The van der Waals surface area contributed by atoms with E-state index in [9.17, 15) is 18.0 Å². The Morgan fingerprint density at radius 2 is 1.89 bits per heavy atom. The summed E-state index contributed by atoms with van der Waals surface area (Å²) < 4.78 is 33.9. The molecule has 236 valence electrons. The summed E-state index contributed by atoms with van der Waals surface area (Å²) in [6.45, 7) is 3.31. The van der Waals surface area contributed by atoms with Crippen LogP contribution in [0.3, 0.4) is 0 Å². The van der Waals surface area contributed by atoms with Gasteiger partial charge in [-0.05, 0) is 80.1 Å². The molecule has 0 radical (unpaired) electrons. The van der Waals surface area contributed by atoms with Crippen molar-refractivity contribution in [3.8, 4) is 17.0 Å². The highest BCUT2D eigenvalue weighted by molar-refractivity contribution is 7.89. The van der Waals surface area contributed by atoms with E-state index in [0.717, 1.165) is 71.8 Å². The number of nitrogens with zero attached hydrogens (tertiary/aromatic N) is 1. The zero-order valence-corrected chi connectivity index (χ0v) is 27.0. The van der Waals surface area contributed by atoms with Crippen LogP contribution in [0.25, 0.3) is 22.2 Å². The van der Waals surface area contributed by atoms with Crippen LogP contribution in [0.5, 0.6) is 5.75 Å². The van der Waals surface area contributed by atoms with Gasteiger partial charge in [-0.2, -0.15) is 0 Å². The van der Waals surface area contributed by atoms with E-state index in [-0.39, 0.29) is 23.4 Å². The fraction of sp³-hybridized carbons (Fsp3) is 0.529. The molecule has 2 amide bonds. The lowest BCUT2D eigenvalue weighted by molar-refractivity contribution is -0.127. The Balaban J connectivity index is 1.56. The minimum atomic E-state index is -3.73. The summed E-state index contributed by atoms with van der Waals surface area (Å²) in [5.41, 5.74) is 5.13. The van der Waals surface area contributed by atoms with Gasteiger partial charge in [0.2, 0.25) is 15.9 Å². The Kier molecular flexibility index (Phi) is 8.26. The number of nitrogens with one attached hydrogen (secondary N) is 3. The number of methoxy groups -OCH3 is 1. The second-order valence-corrected chi connectivity index (χ2v) is 14.7. The normalized spacial score (nSPS) is 21.9. The van der Waals surface area contributed by atoms with Crippen LogP contribution in [-0.4, -0.2) is 57.8 Å². The summed E-state index contributed by atoms with van der Waals surface area (Å²) in [7, 11) is -0.148. The molecule has 3 unspecified atom stereocenters. The van der Waals surface area contributed by atoms with Crippen molar-refractivity contribution in [2.24, 2.45) is 5.41 Å². The molecule has 1 aromatic heterocycles. The van der Waals surface area contributed by atoms with Crippen LogP contribution in [0.15, 0.2) is 36.4 Å². The van der Waals surface area contributed by atoms with Gasteiger partial charge < -0.3 is 19.9 Å². The first-order valence-corrected chi connectivity index (χ1v) is 17.8. The van der Waals surface area contributed by atoms with Crippen LogP contribution in [0.4, 0.5) is 0 Å². The lowest BCUT2D eigenvalue weighted by Gasteiger charge is -2.24. The summed E-state index contributed by atoms with van der Waals surface area (Å²) in [5, 5.41) is 7.68. The number of sulfonamides is 1. The number of hydrogen-bond acceptors (Lipinski definition) is 6. The molecule has 0 spiro atoms. The maximum atomic E-state index is 14.3. The van der Waals surface area contributed by atoms with Gasteiger partial charge in [0.15, 0.2) is 0 Å². The summed E-state index contributed by atoms with van der Waals surface area (Å²) in [6, 6.07) is 11.8. The van der Waals surface area contributed by atoms with Crippen molar-refractivity contribution in [2.45, 2.75) is 82.7 Å². The van der Waals surface area contributed by atoms with Crippen LogP contribution in [0.1, 0.15) is 91.6 Å². The summed E-state index contributed by atoms with van der Waals surface area (Å²) >= 11 is 0. The van der Waals surface area contributed by atoms with Crippen LogP contribution >= 0.6 is 0 Å². The van der Waals surface area contributed by atoms with E-state index in [2.05, 4.69) is 39.0 Å². The number of likely N-dealkylation sites (N-methyl/N-ethyl adjacent to an activating group) is 1. The van der Waals surface area contributed by atoms with E-state index in [4.69, 9.17) is 4.74 Å². The molecule has 1 aliphatic heterocycles. The van der Waals surface area contributed by atoms with E-state index >= 15 is 0 Å². The molecule has 2 heterocycles. The molecule has 2 aliphatic carbocycles. The SMILES string of the molecule is CCCC(CNC)NC(=O)C12CC1c1cc(OC)ccc1-c1c(C3CCCCC3)c3ccc(C(=O)NS(C)(=O)=O)cc3n1C2. The highest BCUT2D eigenvalue weighted by atomic mass is 32.2. The molecule has 10 heteroatoms. The number of rotatable bonds is 10. The smallest absolute Gasteiger partial charge is 0.264 e. The first-order chi connectivity index (χ1) is 21.1. The third kappa shape index (κ3) is 5.51.